The third-order valence-corrected chi connectivity index (χ3v) is 5.64. The molecule has 0 N–H and O–H groups in total. The molecule has 0 atom stereocenters. The summed E-state index contributed by atoms with van der Waals surface area (Å²) in [6, 6.07) is 3.79. The molecule has 7 nitrogen and oxygen atoms in total. The molecule has 0 spiro atoms. The smallest absolute Gasteiger partial charge is 0.363 e. The van der Waals surface area contributed by atoms with Crippen LogP contribution in [-0.2, 0) is 16.0 Å². The van der Waals surface area contributed by atoms with Crippen LogP contribution in [0.15, 0.2) is 35.5 Å². The molecule has 0 aliphatic rings. The Hall–Kier alpha value is -2.69. The zero-order valence-corrected chi connectivity index (χ0v) is 15.5. The topological polar surface area (TPSA) is 81.0 Å². The third-order valence-electron chi connectivity index (χ3n) is 3.89. The molecule has 3 heterocycles. The molecule has 3 aromatic rings. The number of nitrogens with zero attached hydrogens (tertiary/aromatic N) is 5. The van der Waals surface area contributed by atoms with E-state index in [2.05, 4.69) is 15.1 Å². The number of aromatic nitrogens is 4. The maximum atomic E-state index is 12.9. The van der Waals surface area contributed by atoms with Gasteiger partial charge in [0.25, 0.3) is 0 Å². The van der Waals surface area contributed by atoms with Gasteiger partial charge in [0.15, 0.2) is 15.7 Å². The lowest BCUT2D eigenvalue weighted by molar-refractivity contribution is -0.141. The predicted octanol–water partition coefficient (Wildman–Crippen LogP) is 2.69. The second-order valence-corrected chi connectivity index (χ2v) is 8.24. The van der Waals surface area contributed by atoms with Gasteiger partial charge in [-0.05, 0) is 18.2 Å². The maximum Gasteiger partial charge on any atom is 0.433 e. The van der Waals surface area contributed by atoms with Crippen LogP contribution in [0.4, 0.5) is 19.0 Å². The molecule has 0 radical (unpaired) electrons. The van der Waals surface area contributed by atoms with Gasteiger partial charge in [0.2, 0.25) is 0 Å². The molecule has 0 saturated carbocycles. The quantitative estimate of drug-likeness (QED) is 0.671. The van der Waals surface area contributed by atoms with Crippen molar-refractivity contribution in [3.05, 3.63) is 36.3 Å². The van der Waals surface area contributed by atoms with E-state index in [-0.39, 0.29) is 22.0 Å². The highest BCUT2D eigenvalue weighted by molar-refractivity contribution is 7.91. The van der Waals surface area contributed by atoms with Crippen molar-refractivity contribution in [2.24, 2.45) is 0 Å². The van der Waals surface area contributed by atoms with Crippen LogP contribution in [0.5, 0.6) is 0 Å². The largest absolute Gasteiger partial charge is 0.433 e. The van der Waals surface area contributed by atoms with Gasteiger partial charge < -0.3 is 4.90 Å². The number of hydrogen-bond acceptors (Lipinski definition) is 6. The summed E-state index contributed by atoms with van der Waals surface area (Å²) >= 11 is 0. The first-order valence-corrected chi connectivity index (χ1v) is 9.52. The summed E-state index contributed by atoms with van der Waals surface area (Å²) in [6.45, 7) is 1.50. The van der Waals surface area contributed by atoms with Gasteiger partial charge in [0, 0.05) is 31.9 Å². The molecule has 27 heavy (non-hydrogen) atoms. The van der Waals surface area contributed by atoms with E-state index in [9.17, 15) is 21.6 Å². The Morgan fingerprint density at radius 3 is 2.52 bits per heavy atom. The summed E-state index contributed by atoms with van der Waals surface area (Å²) in [7, 11) is -0.155. The molecule has 0 saturated heterocycles. The van der Waals surface area contributed by atoms with Crippen LogP contribution in [0.25, 0.3) is 16.7 Å². The van der Waals surface area contributed by atoms with E-state index in [1.54, 1.807) is 25.1 Å². The molecule has 0 fully saturated rings. The second kappa shape index (κ2) is 6.48. The predicted molar refractivity (Wildman–Crippen MR) is 93.7 cm³/mol. The highest BCUT2D eigenvalue weighted by Crippen LogP contribution is 2.30. The van der Waals surface area contributed by atoms with E-state index in [1.807, 2.05) is 0 Å². The summed E-state index contributed by atoms with van der Waals surface area (Å²) < 4.78 is 64.6. The van der Waals surface area contributed by atoms with Crippen molar-refractivity contribution < 1.29 is 21.6 Å². The Kier molecular flexibility index (Phi) is 4.58. The summed E-state index contributed by atoms with van der Waals surface area (Å²) in [4.78, 5) is 9.35. The average molecular weight is 399 g/mol. The van der Waals surface area contributed by atoms with Crippen molar-refractivity contribution in [1.29, 1.82) is 0 Å². The van der Waals surface area contributed by atoms with Crippen molar-refractivity contribution in [3.8, 4) is 5.82 Å². The molecule has 11 heteroatoms. The highest BCUT2D eigenvalue weighted by atomic mass is 32.2. The van der Waals surface area contributed by atoms with Crippen molar-refractivity contribution in [2.45, 2.75) is 18.0 Å². The van der Waals surface area contributed by atoms with Crippen LogP contribution < -0.4 is 4.90 Å². The lowest BCUT2D eigenvalue weighted by Crippen LogP contribution is -2.16. The number of rotatable bonds is 4. The molecule has 0 bridgehead atoms. The molecule has 0 amide bonds. The van der Waals surface area contributed by atoms with Gasteiger partial charge in [-0.2, -0.15) is 18.3 Å². The average Bonchev–Trinajstić information content (AvgIpc) is 3.03. The van der Waals surface area contributed by atoms with Crippen molar-refractivity contribution in [2.75, 3.05) is 24.7 Å². The van der Waals surface area contributed by atoms with Gasteiger partial charge in [0.05, 0.1) is 11.3 Å². The lowest BCUT2D eigenvalue weighted by atomic mass is 10.3. The van der Waals surface area contributed by atoms with Crippen LogP contribution >= 0.6 is 0 Å². The van der Waals surface area contributed by atoms with E-state index >= 15 is 0 Å². The Balaban J connectivity index is 2.24. The normalized spacial score (nSPS) is 12.5. The van der Waals surface area contributed by atoms with Crippen molar-refractivity contribution in [3.63, 3.8) is 0 Å². The van der Waals surface area contributed by atoms with Gasteiger partial charge in [0.1, 0.15) is 16.4 Å². The Bertz CT molecular complexity index is 1110. The molecular weight excluding hydrogens is 383 g/mol. The molecule has 0 unspecified atom stereocenters. The van der Waals surface area contributed by atoms with Gasteiger partial charge in [-0.25, -0.2) is 18.1 Å². The maximum absolute atomic E-state index is 12.9. The van der Waals surface area contributed by atoms with Crippen LogP contribution in [0.1, 0.15) is 12.6 Å². The molecular formula is C16H16F3N5O2S. The first kappa shape index (κ1) is 19.1. The number of fused-ring (bicyclic) bond motifs is 1. The van der Waals surface area contributed by atoms with Crippen molar-refractivity contribution in [1.82, 2.24) is 19.7 Å². The monoisotopic (exact) mass is 399 g/mol. The molecule has 0 aliphatic heterocycles. The van der Waals surface area contributed by atoms with Crippen LogP contribution in [0, 0.1) is 0 Å². The van der Waals surface area contributed by atoms with Gasteiger partial charge in [-0.1, -0.05) is 6.92 Å². The fourth-order valence-corrected chi connectivity index (χ4v) is 3.42. The number of sulfone groups is 1. The lowest BCUT2D eigenvalue weighted by Gasteiger charge is -2.15. The first-order valence-electron chi connectivity index (χ1n) is 7.87. The number of alkyl halides is 3. The van der Waals surface area contributed by atoms with Gasteiger partial charge in [-0.15, -0.1) is 0 Å². The number of anilines is 1. The minimum atomic E-state index is -4.60. The minimum absolute atomic E-state index is 0.0211. The Morgan fingerprint density at radius 1 is 1.22 bits per heavy atom. The molecule has 3 aromatic heterocycles. The van der Waals surface area contributed by atoms with Gasteiger partial charge in [-0.3, -0.25) is 4.98 Å². The molecule has 0 aliphatic carbocycles. The SMILES string of the molecule is CCS(=O)(=O)c1ccc(N(C)C)nc1-n1cc2cnc(C(F)(F)F)cc2n1. The minimum Gasteiger partial charge on any atom is -0.363 e. The van der Waals surface area contributed by atoms with E-state index in [1.165, 1.54) is 23.9 Å². The number of pyridine rings is 2. The van der Waals surface area contributed by atoms with E-state index in [0.29, 0.717) is 11.2 Å². The summed E-state index contributed by atoms with van der Waals surface area (Å²) in [5.74, 6) is 0.352. The zero-order chi connectivity index (χ0) is 20.0. The zero-order valence-electron chi connectivity index (χ0n) is 14.7. The Labute approximate surface area is 153 Å². The first-order chi connectivity index (χ1) is 12.5. The van der Waals surface area contributed by atoms with Crippen LogP contribution in [0.2, 0.25) is 0 Å². The fourth-order valence-electron chi connectivity index (χ4n) is 2.42. The van der Waals surface area contributed by atoms with Crippen LogP contribution in [0.3, 0.4) is 0 Å². The highest BCUT2D eigenvalue weighted by Gasteiger charge is 2.33. The molecule has 144 valence electrons. The van der Waals surface area contributed by atoms with E-state index < -0.39 is 21.7 Å². The van der Waals surface area contributed by atoms with Crippen LogP contribution in [-0.4, -0.2) is 48.0 Å². The van der Waals surface area contributed by atoms with E-state index in [4.69, 9.17) is 0 Å². The van der Waals surface area contributed by atoms with E-state index in [0.717, 1.165) is 12.3 Å². The molecule has 3 rings (SSSR count). The second-order valence-electron chi connectivity index (χ2n) is 5.99. The fraction of sp³-hybridized carbons (Fsp3) is 0.312. The molecule has 0 aromatic carbocycles. The Morgan fingerprint density at radius 2 is 1.93 bits per heavy atom. The standard InChI is InChI=1S/C16H16F3N5O2S/c1-4-27(25,26)12-5-6-14(23(2)3)21-15(12)24-9-10-8-20-13(16(17,18)19)7-11(10)22-24/h5-9H,4H2,1-3H3. The third kappa shape index (κ3) is 3.59. The van der Waals surface area contributed by atoms with Crippen molar-refractivity contribution >= 4 is 26.6 Å². The number of halogens is 3. The number of hydrogen-bond donors (Lipinski definition) is 0. The summed E-state index contributed by atoms with van der Waals surface area (Å²) in [6.07, 6.45) is -2.15. The summed E-state index contributed by atoms with van der Waals surface area (Å²) in [5, 5.41) is 4.43. The summed E-state index contributed by atoms with van der Waals surface area (Å²) in [5.41, 5.74) is -1.04. The van der Waals surface area contributed by atoms with Gasteiger partial charge >= 0.3 is 6.18 Å².